The highest BCUT2D eigenvalue weighted by Gasteiger charge is 2.38. The van der Waals surface area contributed by atoms with E-state index in [4.69, 9.17) is 4.74 Å². The van der Waals surface area contributed by atoms with Crippen LogP contribution in [0.1, 0.15) is 26.2 Å². The molecule has 0 aliphatic heterocycles. The molecular formula is C14H20N2O4. The third-order valence-electron chi connectivity index (χ3n) is 4.16. The van der Waals surface area contributed by atoms with E-state index in [1.807, 2.05) is 0 Å². The molecule has 0 amide bonds. The van der Waals surface area contributed by atoms with E-state index in [0.29, 0.717) is 0 Å². The first-order valence-electron chi connectivity index (χ1n) is 6.70. The first kappa shape index (κ1) is 14.6. The molecule has 0 bridgehead atoms. The monoisotopic (exact) mass is 280 g/mol. The maximum Gasteiger partial charge on any atom is 0.311 e. The lowest BCUT2D eigenvalue weighted by atomic mass is 9.85. The standard InChI is InChI=1S/C14H20N2O4/c1-14(9-17)7-3-4-13(14)15-10-5-6-11(16(18)19)12(8-10)20-2/h5-6,8,13,15,17H,3-4,7,9H2,1-2H3/t13-,14+/m1/s1. The summed E-state index contributed by atoms with van der Waals surface area (Å²) in [5.41, 5.74) is 0.586. The molecular weight excluding hydrogens is 260 g/mol. The summed E-state index contributed by atoms with van der Waals surface area (Å²) < 4.78 is 5.06. The number of nitro benzene ring substituents is 1. The van der Waals surface area contributed by atoms with Gasteiger partial charge in [0.25, 0.3) is 0 Å². The van der Waals surface area contributed by atoms with Gasteiger partial charge < -0.3 is 15.2 Å². The van der Waals surface area contributed by atoms with Gasteiger partial charge in [-0.25, -0.2) is 0 Å². The highest BCUT2D eigenvalue weighted by Crippen LogP contribution is 2.40. The van der Waals surface area contributed by atoms with E-state index in [2.05, 4.69) is 12.2 Å². The minimum absolute atomic E-state index is 0.0469. The number of hydrogen-bond donors (Lipinski definition) is 2. The second kappa shape index (κ2) is 5.66. The predicted octanol–water partition coefficient (Wildman–Crippen LogP) is 2.57. The van der Waals surface area contributed by atoms with Crippen molar-refractivity contribution < 1.29 is 14.8 Å². The number of aliphatic hydroxyl groups excluding tert-OH is 1. The summed E-state index contributed by atoms with van der Waals surface area (Å²) in [6.45, 7) is 2.19. The first-order chi connectivity index (χ1) is 9.50. The molecule has 1 saturated carbocycles. The number of benzene rings is 1. The van der Waals surface area contributed by atoms with Gasteiger partial charge >= 0.3 is 5.69 Å². The molecule has 0 heterocycles. The number of nitrogens with zero attached hydrogens (tertiary/aromatic N) is 1. The molecule has 0 unspecified atom stereocenters. The summed E-state index contributed by atoms with van der Waals surface area (Å²) in [7, 11) is 1.42. The number of ether oxygens (including phenoxy) is 1. The fourth-order valence-electron chi connectivity index (χ4n) is 2.79. The van der Waals surface area contributed by atoms with Crippen LogP contribution in [-0.2, 0) is 0 Å². The minimum Gasteiger partial charge on any atom is -0.490 e. The Labute approximate surface area is 117 Å². The minimum atomic E-state index is -0.462. The van der Waals surface area contributed by atoms with Crippen LogP contribution < -0.4 is 10.1 Å². The lowest BCUT2D eigenvalue weighted by Gasteiger charge is -2.31. The van der Waals surface area contributed by atoms with Crippen LogP contribution in [0.2, 0.25) is 0 Å². The summed E-state index contributed by atoms with van der Waals surface area (Å²) in [4.78, 5) is 10.4. The third-order valence-corrected chi connectivity index (χ3v) is 4.16. The van der Waals surface area contributed by atoms with Crippen molar-refractivity contribution in [2.75, 3.05) is 19.0 Å². The van der Waals surface area contributed by atoms with Crippen molar-refractivity contribution in [3.05, 3.63) is 28.3 Å². The van der Waals surface area contributed by atoms with Gasteiger partial charge in [-0.2, -0.15) is 0 Å². The van der Waals surface area contributed by atoms with Gasteiger partial charge in [0, 0.05) is 29.3 Å². The van der Waals surface area contributed by atoms with E-state index in [-0.39, 0.29) is 29.5 Å². The number of anilines is 1. The molecule has 1 fully saturated rings. The molecule has 2 rings (SSSR count). The fraction of sp³-hybridized carbons (Fsp3) is 0.571. The van der Waals surface area contributed by atoms with E-state index in [1.54, 1.807) is 12.1 Å². The van der Waals surface area contributed by atoms with Gasteiger partial charge in [0.05, 0.1) is 18.6 Å². The number of nitro groups is 1. The molecule has 0 radical (unpaired) electrons. The van der Waals surface area contributed by atoms with Crippen LogP contribution in [0.4, 0.5) is 11.4 Å². The molecule has 2 atom stereocenters. The Hall–Kier alpha value is -1.82. The van der Waals surface area contributed by atoms with Crippen molar-refractivity contribution in [1.82, 2.24) is 0 Å². The number of aliphatic hydroxyl groups is 1. The Morgan fingerprint density at radius 2 is 2.35 bits per heavy atom. The Kier molecular flexibility index (Phi) is 4.13. The zero-order valence-electron chi connectivity index (χ0n) is 11.8. The topological polar surface area (TPSA) is 84.6 Å². The molecule has 110 valence electrons. The third kappa shape index (κ3) is 2.70. The molecule has 1 aromatic carbocycles. The van der Waals surface area contributed by atoms with Crippen molar-refractivity contribution in [3.63, 3.8) is 0 Å². The van der Waals surface area contributed by atoms with E-state index in [9.17, 15) is 15.2 Å². The van der Waals surface area contributed by atoms with Gasteiger partial charge in [0.1, 0.15) is 0 Å². The van der Waals surface area contributed by atoms with Gasteiger partial charge in [-0.1, -0.05) is 13.3 Å². The SMILES string of the molecule is COc1cc(N[C@@H]2CCC[C@@]2(C)CO)ccc1[N+](=O)[O-]. The summed E-state index contributed by atoms with van der Waals surface area (Å²) in [5.74, 6) is 0.240. The number of methoxy groups -OCH3 is 1. The summed E-state index contributed by atoms with van der Waals surface area (Å²) in [5, 5.41) is 23.8. The highest BCUT2D eigenvalue weighted by atomic mass is 16.6. The van der Waals surface area contributed by atoms with Gasteiger partial charge in [-0.3, -0.25) is 10.1 Å². The van der Waals surface area contributed by atoms with Crippen molar-refractivity contribution in [1.29, 1.82) is 0 Å². The average molecular weight is 280 g/mol. The van der Waals surface area contributed by atoms with E-state index in [1.165, 1.54) is 13.2 Å². The fourth-order valence-corrected chi connectivity index (χ4v) is 2.79. The lowest BCUT2D eigenvalue weighted by molar-refractivity contribution is -0.385. The summed E-state index contributed by atoms with van der Waals surface area (Å²) >= 11 is 0. The maximum atomic E-state index is 10.9. The Bertz CT molecular complexity index is 506. The van der Waals surface area contributed by atoms with Crippen molar-refractivity contribution in [2.45, 2.75) is 32.2 Å². The maximum absolute atomic E-state index is 10.9. The second-order valence-electron chi connectivity index (χ2n) is 5.55. The lowest BCUT2D eigenvalue weighted by Crippen LogP contribution is -2.36. The quantitative estimate of drug-likeness (QED) is 0.639. The molecule has 6 nitrogen and oxygen atoms in total. The van der Waals surface area contributed by atoms with E-state index >= 15 is 0 Å². The van der Waals surface area contributed by atoms with Crippen molar-refractivity contribution in [3.8, 4) is 5.75 Å². The predicted molar refractivity (Wildman–Crippen MR) is 76.1 cm³/mol. The molecule has 1 aliphatic carbocycles. The molecule has 1 aromatic rings. The molecule has 0 saturated heterocycles. The number of hydrogen-bond acceptors (Lipinski definition) is 5. The van der Waals surface area contributed by atoms with Crippen LogP contribution in [0.25, 0.3) is 0 Å². The zero-order valence-corrected chi connectivity index (χ0v) is 11.8. The second-order valence-corrected chi connectivity index (χ2v) is 5.55. The molecule has 2 N–H and O–H groups in total. The first-order valence-corrected chi connectivity index (χ1v) is 6.70. The highest BCUT2D eigenvalue weighted by molar-refractivity contribution is 5.58. The van der Waals surface area contributed by atoms with Gasteiger partial charge in [-0.05, 0) is 18.9 Å². The van der Waals surface area contributed by atoms with Crippen molar-refractivity contribution in [2.24, 2.45) is 5.41 Å². The Morgan fingerprint density at radius 3 is 2.95 bits per heavy atom. The molecule has 1 aliphatic rings. The van der Waals surface area contributed by atoms with Crippen LogP contribution >= 0.6 is 0 Å². The van der Waals surface area contributed by atoms with Crippen LogP contribution in [0.15, 0.2) is 18.2 Å². The van der Waals surface area contributed by atoms with Crippen LogP contribution in [0.5, 0.6) is 5.75 Å². The summed E-state index contributed by atoms with van der Waals surface area (Å²) in [6.07, 6.45) is 3.03. The van der Waals surface area contributed by atoms with E-state index in [0.717, 1.165) is 24.9 Å². The van der Waals surface area contributed by atoms with Crippen LogP contribution in [0, 0.1) is 15.5 Å². The van der Waals surface area contributed by atoms with Crippen molar-refractivity contribution >= 4 is 11.4 Å². The average Bonchev–Trinajstić information content (AvgIpc) is 2.80. The number of rotatable bonds is 5. The Balaban J connectivity index is 2.20. The van der Waals surface area contributed by atoms with Gasteiger partial charge in [0.2, 0.25) is 0 Å². The molecule has 6 heteroatoms. The Morgan fingerprint density at radius 1 is 1.60 bits per heavy atom. The number of nitrogens with one attached hydrogen (secondary N) is 1. The molecule has 0 aromatic heterocycles. The smallest absolute Gasteiger partial charge is 0.311 e. The summed E-state index contributed by atoms with van der Waals surface area (Å²) in [6, 6.07) is 4.91. The molecule has 20 heavy (non-hydrogen) atoms. The van der Waals surface area contributed by atoms with Gasteiger partial charge in [0.15, 0.2) is 5.75 Å². The molecule has 0 spiro atoms. The zero-order chi connectivity index (χ0) is 14.8. The van der Waals surface area contributed by atoms with E-state index < -0.39 is 4.92 Å². The largest absolute Gasteiger partial charge is 0.490 e. The van der Waals surface area contributed by atoms with Gasteiger partial charge in [-0.15, -0.1) is 0 Å². The normalized spacial score (nSPS) is 25.4. The van der Waals surface area contributed by atoms with Crippen LogP contribution in [0.3, 0.4) is 0 Å². The van der Waals surface area contributed by atoms with Crippen LogP contribution in [-0.4, -0.2) is 29.8 Å².